The third-order valence-corrected chi connectivity index (χ3v) is 19.8. The van der Waals surface area contributed by atoms with E-state index < -0.39 is 0 Å². The molecule has 0 spiro atoms. The quantitative estimate of drug-likeness (QED) is 0.107. The van der Waals surface area contributed by atoms with E-state index in [4.69, 9.17) is 4.98 Å². The zero-order valence-electron chi connectivity index (χ0n) is 54.4. The van der Waals surface area contributed by atoms with Gasteiger partial charge in [0.05, 0.1) is 11.4 Å². The summed E-state index contributed by atoms with van der Waals surface area (Å²) in [4.78, 5) is 11.1. The lowest BCUT2D eigenvalue weighted by Gasteiger charge is -2.44. The highest BCUT2D eigenvalue weighted by Gasteiger charge is 2.44. The molecule has 3 nitrogen and oxygen atoms in total. The number of aromatic nitrogens is 1. The minimum absolute atomic E-state index is 0.160. The highest BCUT2D eigenvalue weighted by Crippen LogP contribution is 2.49. The monoisotopic (exact) mass is 1260 g/mol. The van der Waals surface area contributed by atoms with Crippen molar-refractivity contribution in [1.82, 2.24) is 4.98 Å². The zero-order chi connectivity index (χ0) is 65.6. The normalized spacial score (nSPS) is 12.0. The fourth-order valence-corrected chi connectivity index (χ4v) is 14.9. The maximum atomic E-state index is 6.04. The van der Waals surface area contributed by atoms with Crippen LogP contribution in [0.4, 0.5) is 34.1 Å². The molecule has 2 aliphatic heterocycles. The van der Waals surface area contributed by atoms with Crippen LogP contribution >= 0.6 is 0 Å². The Bertz CT molecular complexity index is 5160. The second kappa shape index (κ2) is 25.4. The van der Waals surface area contributed by atoms with Gasteiger partial charge in [-0.2, -0.15) is 0 Å². The lowest BCUT2D eigenvalue weighted by molar-refractivity contribution is 1.25. The van der Waals surface area contributed by atoms with Gasteiger partial charge in [0.25, 0.3) is 6.71 Å². The summed E-state index contributed by atoms with van der Waals surface area (Å²) in [5.41, 5.74) is 34.5. The molecule has 0 saturated carbocycles. The molecule has 16 aromatic rings. The van der Waals surface area contributed by atoms with Gasteiger partial charge in [-0.25, -0.2) is 4.98 Å². The second-order valence-electron chi connectivity index (χ2n) is 25.8. The minimum atomic E-state index is -0.160. The zero-order valence-corrected chi connectivity index (χ0v) is 54.4. The summed E-state index contributed by atoms with van der Waals surface area (Å²) < 4.78 is 0. The number of hydrogen-bond donors (Lipinski definition) is 0. The van der Waals surface area contributed by atoms with E-state index in [2.05, 4.69) is 398 Å². The predicted octanol–water partition coefficient (Wildman–Crippen LogP) is 23.5. The summed E-state index contributed by atoms with van der Waals surface area (Å²) in [5, 5.41) is 0. The van der Waals surface area contributed by atoms with Crippen LogP contribution in [0.25, 0.3) is 123 Å². The molecule has 0 N–H and O–H groups in total. The molecule has 15 aromatic carbocycles. The van der Waals surface area contributed by atoms with Gasteiger partial charge in [0, 0.05) is 45.3 Å². The van der Waals surface area contributed by atoms with E-state index in [9.17, 15) is 0 Å². The molecule has 99 heavy (non-hydrogen) atoms. The number of hydrogen-bond acceptors (Lipinski definition) is 3. The summed E-state index contributed by atoms with van der Waals surface area (Å²) in [6.07, 6.45) is 0. The fourth-order valence-electron chi connectivity index (χ4n) is 14.9. The van der Waals surface area contributed by atoms with Crippen molar-refractivity contribution in [2.24, 2.45) is 0 Å². The SMILES string of the molecule is c1ccc(-c2ccc(N3c4cc(-c5ccccc5)ccc4B4c5ccc(-c6ccccc6)cc5N(c5ccc(-c6ccccc6)cc5)c5cc(-c6cc(-c7cc(-c8ccccc8)cc(-c8ccccc8)c7)cc(-c7cc(-c8ccccc8)cc(-c8ccccc8)c7)n6)cc3c54)cc2)cc1. The summed E-state index contributed by atoms with van der Waals surface area (Å²) in [6.45, 7) is -0.160. The molecule has 0 amide bonds. The summed E-state index contributed by atoms with van der Waals surface area (Å²) in [6, 6.07) is 143. The highest BCUT2D eigenvalue weighted by molar-refractivity contribution is 7.00. The third kappa shape index (κ3) is 11.2. The summed E-state index contributed by atoms with van der Waals surface area (Å²) in [5.74, 6) is 0. The Morgan fingerprint density at radius 3 is 0.707 bits per heavy atom. The topological polar surface area (TPSA) is 19.4 Å². The van der Waals surface area contributed by atoms with Gasteiger partial charge in [0.1, 0.15) is 0 Å². The highest BCUT2D eigenvalue weighted by atomic mass is 15.2. The van der Waals surface area contributed by atoms with E-state index in [-0.39, 0.29) is 6.71 Å². The van der Waals surface area contributed by atoms with Crippen LogP contribution in [0.3, 0.4) is 0 Å². The second-order valence-corrected chi connectivity index (χ2v) is 25.8. The van der Waals surface area contributed by atoms with Gasteiger partial charge in [0.15, 0.2) is 0 Å². The lowest BCUT2D eigenvalue weighted by Crippen LogP contribution is -2.61. The van der Waals surface area contributed by atoms with Crippen molar-refractivity contribution in [2.75, 3.05) is 9.80 Å². The summed E-state index contributed by atoms with van der Waals surface area (Å²) >= 11 is 0. The Balaban J connectivity index is 0.943. The molecule has 0 atom stereocenters. The van der Waals surface area contributed by atoms with Crippen LogP contribution < -0.4 is 26.2 Å². The fraction of sp³-hybridized carbons (Fsp3) is 0. The molecule has 0 fully saturated rings. The van der Waals surface area contributed by atoms with Crippen molar-refractivity contribution in [3.05, 3.63) is 388 Å². The molecule has 462 valence electrons. The molecule has 0 radical (unpaired) electrons. The minimum Gasteiger partial charge on any atom is -0.311 e. The van der Waals surface area contributed by atoms with Gasteiger partial charge < -0.3 is 9.80 Å². The molecule has 0 unspecified atom stereocenters. The molecule has 1 aromatic heterocycles. The van der Waals surface area contributed by atoms with Crippen molar-refractivity contribution >= 4 is 57.2 Å². The molecular formula is C95H64BN3. The number of fused-ring (bicyclic) bond motifs is 4. The Morgan fingerprint density at radius 1 is 0.172 bits per heavy atom. The number of benzene rings is 15. The lowest BCUT2D eigenvalue weighted by atomic mass is 9.33. The number of nitrogens with zero attached hydrogens (tertiary/aromatic N) is 3. The number of rotatable bonds is 13. The molecule has 4 heteroatoms. The van der Waals surface area contributed by atoms with E-state index in [1.165, 1.54) is 27.5 Å². The largest absolute Gasteiger partial charge is 0.311 e. The van der Waals surface area contributed by atoms with Crippen LogP contribution in [0, 0.1) is 0 Å². The molecular weight excluding hydrogens is 1190 g/mol. The van der Waals surface area contributed by atoms with Crippen LogP contribution in [0.1, 0.15) is 0 Å². The predicted molar refractivity (Wildman–Crippen MR) is 418 cm³/mol. The first-order chi connectivity index (χ1) is 49.0. The van der Waals surface area contributed by atoms with E-state index in [1.54, 1.807) is 0 Å². The van der Waals surface area contributed by atoms with Crippen LogP contribution in [-0.4, -0.2) is 11.7 Å². The van der Waals surface area contributed by atoms with Gasteiger partial charge in [0.2, 0.25) is 0 Å². The van der Waals surface area contributed by atoms with Crippen molar-refractivity contribution in [2.45, 2.75) is 0 Å². The Labute approximate surface area is 579 Å². The van der Waals surface area contributed by atoms with Gasteiger partial charge in [-0.3, -0.25) is 0 Å². The first-order valence-electron chi connectivity index (χ1n) is 34.1. The molecule has 18 rings (SSSR count). The van der Waals surface area contributed by atoms with Crippen LogP contribution in [0.2, 0.25) is 0 Å². The Morgan fingerprint density at radius 2 is 0.394 bits per heavy atom. The van der Waals surface area contributed by atoms with Gasteiger partial charge in [-0.1, -0.05) is 291 Å². The maximum Gasteiger partial charge on any atom is 0.252 e. The number of pyridine rings is 1. The molecule has 2 aliphatic rings. The van der Waals surface area contributed by atoms with E-state index >= 15 is 0 Å². The van der Waals surface area contributed by atoms with E-state index in [1.807, 2.05) is 0 Å². The molecule has 0 saturated heterocycles. The van der Waals surface area contributed by atoms with Crippen LogP contribution in [0.5, 0.6) is 0 Å². The van der Waals surface area contributed by atoms with Crippen molar-refractivity contribution < 1.29 is 0 Å². The van der Waals surface area contributed by atoms with Crippen LogP contribution in [-0.2, 0) is 0 Å². The summed E-state index contributed by atoms with van der Waals surface area (Å²) in [7, 11) is 0. The van der Waals surface area contributed by atoms with E-state index in [0.29, 0.717) is 0 Å². The molecule has 0 aliphatic carbocycles. The van der Waals surface area contributed by atoms with Gasteiger partial charge in [-0.15, -0.1) is 0 Å². The van der Waals surface area contributed by atoms with E-state index in [0.717, 1.165) is 146 Å². The molecule has 0 bridgehead atoms. The van der Waals surface area contributed by atoms with Crippen LogP contribution in [0.15, 0.2) is 388 Å². The number of anilines is 6. The first-order valence-corrected chi connectivity index (χ1v) is 34.1. The van der Waals surface area contributed by atoms with Crippen molar-refractivity contribution in [3.63, 3.8) is 0 Å². The standard InChI is InChI=1S/C95H64BN3/c1-9-25-65(26-10-1)73-41-47-85(48-42-73)98-91-61-75(67-29-13-3-14-30-67)45-51-87(91)96-88-52-46-76(68-31-15-4-16-32-68)62-92(88)99(86-49-43-74(44-50-86)66-27-11-2-12-28-66)94-64-84(63-93(98)95(94)96)90-60-82(81-55-77(69-33-17-5-18-34-69)53-78(56-81)70-35-19-6-20-36-70)59-89(97-90)83-57-79(71-37-21-7-22-38-71)54-80(58-83)72-39-23-8-24-40-72/h1-64H. The Kier molecular flexibility index (Phi) is 15.0. The van der Waals surface area contributed by atoms with Gasteiger partial charge in [-0.05, 0) is 214 Å². The average Bonchev–Trinajstić information content (AvgIpc) is 0.695. The average molecular weight is 1260 g/mol. The maximum absolute atomic E-state index is 6.04. The van der Waals surface area contributed by atoms with Gasteiger partial charge >= 0.3 is 0 Å². The smallest absolute Gasteiger partial charge is 0.252 e. The first kappa shape index (κ1) is 58.7. The third-order valence-electron chi connectivity index (χ3n) is 19.8. The van der Waals surface area contributed by atoms with Crippen molar-refractivity contribution in [1.29, 1.82) is 0 Å². The molecule has 3 heterocycles. The Hall–Kier alpha value is -12.9. The van der Waals surface area contributed by atoms with Crippen molar-refractivity contribution in [3.8, 4) is 123 Å².